The first kappa shape index (κ1) is 12.9. The van der Waals surface area contributed by atoms with Gasteiger partial charge in [-0.25, -0.2) is 0 Å². The first-order valence-corrected chi connectivity index (χ1v) is 8.06. The van der Waals surface area contributed by atoms with Gasteiger partial charge < -0.3 is 5.32 Å². The molecule has 2 saturated heterocycles. The second-order valence-corrected chi connectivity index (χ2v) is 7.60. The zero-order valence-corrected chi connectivity index (χ0v) is 12.4. The predicted octanol–water partition coefficient (Wildman–Crippen LogP) is 2.89. The summed E-state index contributed by atoms with van der Waals surface area (Å²) in [6.07, 6.45) is 7.24. The number of nitrogens with zero attached hydrogens (tertiary/aromatic N) is 1. The Morgan fingerprint density at radius 1 is 1.06 bits per heavy atom. The molecule has 2 heterocycles. The van der Waals surface area contributed by atoms with E-state index in [1.807, 2.05) is 0 Å². The van der Waals surface area contributed by atoms with Crippen LogP contribution < -0.4 is 5.32 Å². The molecule has 0 aromatic carbocycles. The zero-order valence-electron chi connectivity index (χ0n) is 12.4. The molecule has 3 fully saturated rings. The maximum Gasteiger partial charge on any atom is 0.0200 e. The maximum absolute atomic E-state index is 3.60. The molecule has 4 atom stereocenters. The van der Waals surface area contributed by atoms with Crippen LogP contribution in [0.2, 0.25) is 0 Å². The molecular formula is C16H30N2. The lowest BCUT2D eigenvalue weighted by Gasteiger charge is -2.41. The first-order chi connectivity index (χ1) is 8.59. The highest BCUT2D eigenvalue weighted by Crippen LogP contribution is 2.43. The van der Waals surface area contributed by atoms with Crippen molar-refractivity contribution in [2.45, 2.75) is 64.5 Å². The smallest absolute Gasteiger partial charge is 0.0200 e. The lowest BCUT2D eigenvalue weighted by atomic mass is 9.84. The van der Waals surface area contributed by atoms with Gasteiger partial charge in [-0.1, -0.05) is 19.8 Å². The molecule has 0 bridgehead atoms. The number of fused-ring (bicyclic) bond motifs is 1. The van der Waals surface area contributed by atoms with Crippen molar-refractivity contribution in [3.8, 4) is 0 Å². The van der Waals surface area contributed by atoms with Crippen molar-refractivity contribution >= 4 is 0 Å². The molecule has 0 amide bonds. The van der Waals surface area contributed by atoms with Gasteiger partial charge in [-0.3, -0.25) is 4.90 Å². The highest BCUT2D eigenvalue weighted by Gasteiger charge is 2.51. The van der Waals surface area contributed by atoms with Crippen LogP contribution in [-0.2, 0) is 0 Å². The molecule has 3 rings (SSSR count). The van der Waals surface area contributed by atoms with E-state index in [4.69, 9.17) is 0 Å². The van der Waals surface area contributed by atoms with Crippen molar-refractivity contribution in [1.82, 2.24) is 10.2 Å². The van der Waals surface area contributed by atoms with Crippen molar-refractivity contribution in [3.63, 3.8) is 0 Å². The molecule has 3 aliphatic rings. The van der Waals surface area contributed by atoms with Gasteiger partial charge in [0.25, 0.3) is 0 Å². The second-order valence-electron chi connectivity index (χ2n) is 7.60. The standard InChI is InChI=1S/C16H30N2/c1-12-5-4-6-14(8-7-12)18-11-13-9-17-10-15(13)16(18,2)3/h12-15,17H,4-11H2,1-3H3. The Morgan fingerprint density at radius 3 is 2.67 bits per heavy atom. The van der Waals surface area contributed by atoms with Crippen molar-refractivity contribution in [2.24, 2.45) is 17.8 Å². The Kier molecular flexibility index (Phi) is 3.44. The average Bonchev–Trinajstić information content (AvgIpc) is 2.80. The molecule has 0 aromatic heterocycles. The van der Waals surface area contributed by atoms with Gasteiger partial charge in [0.15, 0.2) is 0 Å². The van der Waals surface area contributed by atoms with Crippen LogP contribution in [0, 0.1) is 17.8 Å². The Labute approximate surface area is 113 Å². The number of rotatable bonds is 1. The fraction of sp³-hybridized carbons (Fsp3) is 1.00. The number of hydrogen-bond acceptors (Lipinski definition) is 2. The minimum Gasteiger partial charge on any atom is -0.316 e. The van der Waals surface area contributed by atoms with E-state index in [2.05, 4.69) is 31.0 Å². The number of likely N-dealkylation sites (tertiary alicyclic amines) is 1. The minimum absolute atomic E-state index is 0.423. The molecule has 1 N–H and O–H groups in total. The van der Waals surface area contributed by atoms with E-state index in [0.29, 0.717) is 5.54 Å². The zero-order chi connectivity index (χ0) is 12.8. The van der Waals surface area contributed by atoms with Crippen LogP contribution in [0.25, 0.3) is 0 Å². The van der Waals surface area contributed by atoms with Crippen LogP contribution >= 0.6 is 0 Å². The third-order valence-corrected chi connectivity index (χ3v) is 6.09. The van der Waals surface area contributed by atoms with Crippen LogP contribution in [0.5, 0.6) is 0 Å². The van der Waals surface area contributed by atoms with Crippen molar-refractivity contribution in [2.75, 3.05) is 19.6 Å². The molecule has 1 aliphatic carbocycles. The second kappa shape index (κ2) is 4.79. The molecule has 0 radical (unpaired) electrons. The molecule has 0 aromatic rings. The quantitative estimate of drug-likeness (QED) is 0.720. The Morgan fingerprint density at radius 2 is 1.89 bits per heavy atom. The van der Waals surface area contributed by atoms with Gasteiger partial charge in [0.05, 0.1) is 0 Å². The molecule has 1 saturated carbocycles. The fourth-order valence-electron chi connectivity index (χ4n) is 4.85. The van der Waals surface area contributed by atoms with E-state index in [-0.39, 0.29) is 0 Å². The molecule has 0 spiro atoms. The summed E-state index contributed by atoms with van der Waals surface area (Å²) in [5.41, 5.74) is 0.423. The van der Waals surface area contributed by atoms with Crippen molar-refractivity contribution in [1.29, 1.82) is 0 Å². The monoisotopic (exact) mass is 250 g/mol. The minimum atomic E-state index is 0.423. The average molecular weight is 250 g/mol. The topological polar surface area (TPSA) is 15.3 Å². The van der Waals surface area contributed by atoms with E-state index in [9.17, 15) is 0 Å². The first-order valence-electron chi connectivity index (χ1n) is 8.06. The fourth-order valence-corrected chi connectivity index (χ4v) is 4.85. The molecule has 18 heavy (non-hydrogen) atoms. The summed E-state index contributed by atoms with van der Waals surface area (Å²) in [5, 5.41) is 3.60. The van der Waals surface area contributed by atoms with Crippen molar-refractivity contribution in [3.05, 3.63) is 0 Å². The van der Waals surface area contributed by atoms with Gasteiger partial charge in [0.1, 0.15) is 0 Å². The molecule has 2 nitrogen and oxygen atoms in total. The number of hydrogen-bond donors (Lipinski definition) is 1. The molecule has 2 heteroatoms. The molecule has 104 valence electrons. The van der Waals surface area contributed by atoms with E-state index >= 15 is 0 Å². The lowest BCUT2D eigenvalue weighted by molar-refractivity contribution is 0.0796. The van der Waals surface area contributed by atoms with E-state index < -0.39 is 0 Å². The Bertz CT molecular complexity index is 299. The van der Waals surface area contributed by atoms with Gasteiger partial charge in [0.2, 0.25) is 0 Å². The lowest BCUT2D eigenvalue weighted by Crippen LogP contribution is -2.49. The summed E-state index contributed by atoms with van der Waals surface area (Å²) in [6.45, 7) is 11.3. The number of nitrogens with one attached hydrogen (secondary N) is 1. The van der Waals surface area contributed by atoms with Crippen LogP contribution in [0.15, 0.2) is 0 Å². The van der Waals surface area contributed by atoms with Gasteiger partial charge in [0, 0.05) is 24.7 Å². The largest absolute Gasteiger partial charge is 0.316 e. The van der Waals surface area contributed by atoms with Crippen LogP contribution in [0.1, 0.15) is 52.9 Å². The predicted molar refractivity (Wildman–Crippen MR) is 76.7 cm³/mol. The molecular weight excluding hydrogens is 220 g/mol. The maximum atomic E-state index is 3.60. The van der Waals surface area contributed by atoms with Crippen LogP contribution in [0.4, 0.5) is 0 Å². The summed E-state index contributed by atoms with van der Waals surface area (Å²) in [4.78, 5) is 2.89. The van der Waals surface area contributed by atoms with E-state index in [1.165, 1.54) is 51.7 Å². The Balaban J connectivity index is 1.72. The summed E-state index contributed by atoms with van der Waals surface area (Å²) in [7, 11) is 0. The van der Waals surface area contributed by atoms with Crippen molar-refractivity contribution < 1.29 is 0 Å². The van der Waals surface area contributed by atoms with Gasteiger partial charge in [-0.2, -0.15) is 0 Å². The normalized spacial score (nSPS) is 44.8. The molecule has 2 aliphatic heterocycles. The van der Waals surface area contributed by atoms with E-state index in [0.717, 1.165) is 23.8 Å². The summed E-state index contributed by atoms with van der Waals surface area (Å²) < 4.78 is 0. The van der Waals surface area contributed by atoms with Gasteiger partial charge in [-0.15, -0.1) is 0 Å². The summed E-state index contributed by atoms with van der Waals surface area (Å²) in [5.74, 6) is 2.76. The SMILES string of the molecule is CC1CCCC(N2CC3CNCC3C2(C)C)CC1. The van der Waals surface area contributed by atoms with Crippen LogP contribution in [0.3, 0.4) is 0 Å². The summed E-state index contributed by atoms with van der Waals surface area (Å²) in [6, 6.07) is 0.871. The highest BCUT2D eigenvalue weighted by atomic mass is 15.3. The summed E-state index contributed by atoms with van der Waals surface area (Å²) >= 11 is 0. The van der Waals surface area contributed by atoms with Gasteiger partial charge in [-0.05, 0) is 57.4 Å². The Hall–Kier alpha value is -0.0800. The highest BCUT2D eigenvalue weighted by molar-refractivity contribution is 5.06. The molecule has 4 unspecified atom stereocenters. The third kappa shape index (κ3) is 2.12. The van der Waals surface area contributed by atoms with E-state index in [1.54, 1.807) is 0 Å². The van der Waals surface area contributed by atoms with Crippen LogP contribution in [-0.4, -0.2) is 36.1 Å². The third-order valence-electron chi connectivity index (χ3n) is 6.09. The van der Waals surface area contributed by atoms with Gasteiger partial charge >= 0.3 is 0 Å².